The number of amides is 1. The molecule has 0 bridgehead atoms. The Morgan fingerprint density at radius 3 is 2.79 bits per heavy atom. The van der Waals surface area contributed by atoms with Crippen molar-refractivity contribution in [2.75, 3.05) is 37.4 Å². The molecular weight excluding hydrogens is 380 g/mol. The van der Waals surface area contributed by atoms with Crippen molar-refractivity contribution < 1.29 is 9.21 Å². The highest BCUT2D eigenvalue weighted by Gasteiger charge is 2.24. The van der Waals surface area contributed by atoms with Crippen molar-refractivity contribution in [3.8, 4) is 0 Å². The lowest BCUT2D eigenvalue weighted by molar-refractivity contribution is 0.102. The Kier molecular flexibility index (Phi) is 5.15. The maximum atomic E-state index is 12.4. The summed E-state index contributed by atoms with van der Waals surface area (Å²) in [7, 11) is 4.15. The summed E-state index contributed by atoms with van der Waals surface area (Å²) in [5, 5.41) is 2.83. The van der Waals surface area contributed by atoms with Crippen LogP contribution < -0.4 is 10.2 Å². The van der Waals surface area contributed by atoms with E-state index in [2.05, 4.69) is 37.1 Å². The molecule has 9 heteroatoms. The highest BCUT2D eigenvalue weighted by atomic mass is 35.5. The smallest absolute Gasteiger partial charge is 0.298 e. The minimum absolute atomic E-state index is 0.0598. The molecule has 1 aliphatic heterocycles. The van der Waals surface area contributed by atoms with Gasteiger partial charge in [0, 0.05) is 31.2 Å². The number of fused-ring (bicyclic) bond motifs is 1. The van der Waals surface area contributed by atoms with E-state index in [9.17, 15) is 4.79 Å². The number of hydrogen-bond donors (Lipinski definition) is 1. The standard InChI is InChI=1S/C19H21ClN6O2/c1-25-9-5-13(6-10-25)26(2)19-24-14-11-12(3-4-15(14)28-19)23-18(27)16-17(20)22-8-7-21-16/h3-4,7-8,11,13H,5-6,9-10H2,1-2H3,(H,23,27). The largest absolute Gasteiger partial charge is 0.423 e. The van der Waals surface area contributed by atoms with Gasteiger partial charge in [-0.1, -0.05) is 11.6 Å². The molecule has 1 fully saturated rings. The lowest BCUT2D eigenvalue weighted by Crippen LogP contribution is -2.42. The third-order valence-corrected chi connectivity index (χ3v) is 5.32. The number of carbonyl (C=O) groups excluding carboxylic acids is 1. The van der Waals surface area contributed by atoms with Gasteiger partial charge in [-0.15, -0.1) is 0 Å². The number of nitrogens with zero attached hydrogens (tertiary/aromatic N) is 5. The minimum atomic E-state index is -0.426. The van der Waals surface area contributed by atoms with Gasteiger partial charge in [-0.3, -0.25) is 4.79 Å². The molecule has 146 valence electrons. The fourth-order valence-corrected chi connectivity index (χ4v) is 3.54. The summed E-state index contributed by atoms with van der Waals surface area (Å²) in [6.07, 6.45) is 5.01. The van der Waals surface area contributed by atoms with Gasteiger partial charge in [0.2, 0.25) is 0 Å². The molecule has 0 saturated carbocycles. The molecule has 1 saturated heterocycles. The zero-order valence-electron chi connectivity index (χ0n) is 15.7. The van der Waals surface area contributed by atoms with Crippen LogP contribution in [-0.4, -0.2) is 59.0 Å². The topological polar surface area (TPSA) is 87.4 Å². The summed E-state index contributed by atoms with van der Waals surface area (Å²) in [5.74, 6) is -0.426. The lowest BCUT2D eigenvalue weighted by atomic mass is 10.0. The highest BCUT2D eigenvalue weighted by molar-refractivity contribution is 6.32. The summed E-state index contributed by atoms with van der Waals surface area (Å²) >= 11 is 5.93. The highest BCUT2D eigenvalue weighted by Crippen LogP contribution is 2.27. The number of nitrogens with one attached hydrogen (secondary N) is 1. The maximum Gasteiger partial charge on any atom is 0.298 e. The SMILES string of the molecule is CN1CCC(N(C)c2nc3cc(NC(=O)c4nccnc4Cl)ccc3o2)CC1. The van der Waals surface area contributed by atoms with Crippen LogP contribution in [-0.2, 0) is 0 Å². The molecule has 2 aromatic heterocycles. The van der Waals surface area contributed by atoms with Gasteiger partial charge in [0.1, 0.15) is 5.52 Å². The summed E-state index contributed by atoms with van der Waals surface area (Å²) in [6, 6.07) is 6.32. The maximum absolute atomic E-state index is 12.4. The Bertz CT molecular complexity index is 999. The fraction of sp³-hybridized carbons (Fsp3) is 0.368. The predicted molar refractivity (Wildman–Crippen MR) is 108 cm³/mol. The Hall–Kier alpha value is -2.71. The van der Waals surface area contributed by atoms with Gasteiger partial charge >= 0.3 is 0 Å². The number of halogens is 1. The van der Waals surface area contributed by atoms with Crippen molar-refractivity contribution in [3.63, 3.8) is 0 Å². The third kappa shape index (κ3) is 3.79. The van der Waals surface area contributed by atoms with E-state index in [-0.39, 0.29) is 10.8 Å². The van der Waals surface area contributed by atoms with Crippen LogP contribution in [0.4, 0.5) is 11.7 Å². The number of benzene rings is 1. The van der Waals surface area contributed by atoms with Crippen LogP contribution in [0.15, 0.2) is 35.0 Å². The van der Waals surface area contributed by atoms with Crippen molar-refractivity contribution in [3.05, 3.63) is 41.4 Å². The van der Waals surface area contributed by atoms with Crippen LogP contribution in [0.5, 0.6) is 0 Å². The molecule has 0 aliphatic carbocycles. The van der Waals surface area contributed by atoms with Crippen LogP contribution in [0.1, 0.15) is 23.3 Å². The van der Waals surface area contributed by atoms with E-state index < -0.39 is 5.91 Å². The molecule has 3 aromatic rings. The lowest BCUT2D eigenvalue weighted by Gasteiger charge is -2.34. The predicted octanol–water partition coefficient (Wildman–Crippen LogP) is 3.05. The number of piperidine rings is 1. The summed E-state index contributed by atoms with van der Waals surface area (Å²) in [6.45, 7) is 2.13. The molecule has 0 radical (unpaired) electrons. The van der Waals surface area contributed by atoms with E-state index in [1.807, 2.05) is 7.05 Å². The minimum Gasteiger partial charge on any atom is -0.423 e. The first-order chi connectivity index (χ1) is 13.5. The summed E-state index contributed by atoms with van der Waals surface area (Å²) < 4.78 is 5.92. The number of likely N-dealkylation sites (tertiary alicyclic amines) is 1. The first-order valence-electron chi connectivity index (χ1n) is 9.11. The van der Waals surface area contributed by atoms with Crippen molar-refractivity contribution >= 4 is 40.3 Å². The quantitative estimate of drug-likeness (QED) is 0.720. The van der Waals surface area contributed by atoms with Crippen molar-refractivity contribution in [2.24, 2.45) is 0 Å². The van der Waals surface area contributed by atoms with E-state index in [1.165, 1.54) is 12.4 Å². The van der Waals surface area contributed by atoms with Crippen LogP contribution in [0.2, 0.25) is 5.15 Å². The molecule has 0 spiro atoms. The zero-order valence-corrected chi connectivity index (χ0v) is 16.5. The normalized spacial score (nSPS) is 15.7. The number of carbonyl (C=O) groups is 1. The number of hydrogen-bond acceptors (Lipinski definition) is 7. The van der Waals surface area contributed by atoms with E-state index in [4.69, 9.17) is 16.0 Å². The summed E-state index contributed by atoms with van der Waals surface area (Å²) in [5.41, 5.74) is 2.01. The molecule has 0 atom stereocenters. The third-order valence-electron chi connectivity index (χ3n) is 5.04. The van der Waals surface area contributed by atoms with Gasteiger partial charge in [-0.05, 0) is 51.2 Å². The van der Waals surface area contributed by atoms with Gasteiger partial charge in [0.25, 0.3) is 11.9 Å². The van der Waals surface area contributed by atoms with Crippen LogP contribution in [0.3, 0.4) is 0 Å². The molecule has 0 unspecified atom stereocenters. The molecule has 28 heavy (non-hydrogen) atoms. The van der Waals surface area contributed by atoms with E-state index in [0.717, 1.165) is 25.9 Å². The molecule has 1 aromatic carbocycles. The van der Waals surface area contributed by atoms with Crippen molar-refractivity contribution in [1.29, 1.82) is 0 Å². The van der Waals surface area contributed by atoms with Gasteiger partial charge in [-0.2, -0.15) is 4.98 Å². The molecule has 1 aliphatic rings. The second-order valence-corrected chi connectivity index (χ2v) is 7.33. The van der Waals surface area contributed by atoms with Gasteiger partial charge in [-0.25, -0.2) is 9.97 Å². The number of anilines is 2. The average molecular weight is 401 g/mol. The molecule has 1 amide bonds. The molecule has 4 rings (SSSR count). The van der Waals surface area contributed by atoms with Crippen LogP contribution >= 0.6 is 11.6 Å². The summed E-state index contributed by atoms with van der Waals surface area (Å²) in [4.78, 5) is 29.2. The first-order valence-corrected chi connectivity index (χ1v) is 9.49. The molecule has 8 nitrogen and oxygen atoms in total. The Labute approximate surface area is 167 Å². The first kappa shape index (κ1) is 18.6. The van der Waals surface area contributed by atoms with Gasteiger partial charge < -0.3 is 19.5 Å². The van der Waals surface area contributed by atoms with E-state index in [0.29, 0.717) is 28.8 Å². The van der Waals surface area contributed by atoms with Gasteiger partial charge in [0.05, 0.1) is 0 Å². The van der Waals surface area contributed by atoms with E-state index in [1.54, 1.807) is 18.2 Å². The fourth-order valence-electron chi connectivity index (χ4n) is 3.35. The number of rotatable bonds is 4. The van der Waals surface area contributed by atoms with Crippen molar-refractivity contribution in [2.45, 2.75) is 18.9 Å². The molecule has 3 heterocycles. The second kappa shape index (κ2) is 7.73. The van der Waals surface area contributed by atoms with E-state index >= 15 is 0 Å². The average Bonchev–Trinajstić information content (AvgIpc) is 3.11. The second-order valence-electron chi connectivity index (χ2n) is 6.97. The van der Waals surface area contributed by atoms with Crippen molar-refractivity contribution in [1.82, 2.24) is 19.9 Å². The molecular formula is C19H21ClN6O2. The molecule has 1 N–H and O–H groups in total. The Morgan fingerprint density at radius 2 is 2.04 bits per heavy atom. The Morgan fingerprint density at radius 1 is 1.29 bits per heavy atom. The number of oxazole rings is 1. The zero-order chi connectivity index (χ0) is 19.7. The van der Waals surface area contributed by atoms with Gasteiger partial charge in [0.15, 0.2) is 16.4 Å². The monoisotopic (exact) mass is 400 g/mol. The van der Waals surface area contributed by atoms with Crippen LogP contribution in [0.25, 0.3) is 11.1 Å². The number of aromatic nitrogens is 3. The Balaban J connectivity index is 1.52. The van der Waals surface area contributed by atoms with Crippen LogP contribution in [0, 0.1) is 0 Å².